The molecule has 0 aromatic rings. The number of unbranched alkanes of at least 4 members (excludes halogenated alkanes) is 1. The van der Waals surface area contributed by atoms with Gasteiger partial charge in [0.15, 0.2) is 0 Å². The zero-order chi connectivity index (χ0) is 11.4. The summed E-state index contributed by atoms with van der Waals surface area (Å²) < 4.78 is 0. The van der Waals surface area contributed by atoms with E-state index >= 15 is 0 Å². The van der Waals surface area contributed by atoms with Gasteiger partial charge in [-0.3, -0.25) is 0 Å². The molecule has 1 aliphatic heterocycles. The van der Waals surface area contributed by atoms with Crippen molar-refractivity contribution < 1.29 is 0 Å². The molecule has 0 aromatic carbocycles. The van der Waals surface area contributed by atoms with Crippen molar-refractivity contribution in [3.05, 3.63) is 11.3 Å². The predicted octanol–water partition coefficient (Wildman–Crippen LogP) is 3.38. The van der Waals surface area contributed by atoms with Gasteiger partial charge in [0.1, 0.15) is 0 Å². The summed E-state index contributed by atoms with van der Waals surface area (Å²) >= 11 is 0. The summed E-state index contributed by atoms with van der Waals surface area (Å²) in [5.41, 5.74) is 3.07. The summed E-state index contributed by atoms with van der Waals surface area (Å²) in [4.78, 5) is 2.38. The van der Waals surface area contributed by atoms with E-state index in [0.29, 0.717) is 5.82 Å². The van der Waals surface area contributed by atoms with Gasteiger partial charge in [0.05, 0.1) is 7.85 Å². The minimum atomic E-state index is 0.370. The first-order chi connectivity index (χ1) is 7.02. The van der Waals surface area contributed by atoms with Gasteiger partial charge in [-0.1, -0.05) is 32.0 Å². The molecule has 2 radical (unpaired) electrons. The maximum absolute atomic E-state index is 5.74. The fourth-order valence-electron chi connectivity index (χ4n) is 2.37. The first kappa shape index (κ1) is 12.7. The molecule has 0 amide bonds. The van der Waals surface area contributed by atoms with Crippen LogP contribution in [0.4, 0.5) is 0 Å². The monoisotopic (exact) mass is 205 g/mol. The van der Waals surface area contributed by atoms with E-state index in [9.17, 15) is 0 Å². The predicted molar refractivity (Wildman–Crippen MR) is 68.1 cm³/mol. The molecule has 0 bridgehead atoms. The van der Waals surface area contributed by atoms with Gasteiger partial charge < -0.3 is 4.90 Å². The number of nitrogens with zero attached hydrogens (tertiary/aromatic N) is 1. The standard InChI is InChI=1S/C13H24BN/c1-10(14)7-5-6-8-13-9-15(4)12(3)11(13)2/h10,13H,5-9H2,1-4H3. The molecule has 0 fully saturated rings. The van der Waals surface area contributed by atoms with E-state index in [1.807, 2.05) is 0 Å². The quantitative estimate of drug-likeness (QED) is 0.491. The van der Waals surface area contributed by atoms with E-state index in [2.05, 4.69) is 32.7 Å². The molecule has 84 valence electrons. The summed E-state index contributed by atoms with van der Waals surface area (Å²) in [7, 11) is 7.94. The lowest BCUT2D eigenvalue weighted by molar-refractivity contribution is 0.391. The van der Waals surface area contributed by atoms with Crippen molar-refractivity contribution >= 4 is 7.85 Å². The molecule has 1 heterocycles. The molecular weight excluding hydrogens is 181 g/mol. The molecule has 1 nitrogen and oxygen atoms in total. The molecule has 0 saturated heterocycles. The Hall–Kier alpha value is -0.395. The fourth-order valence-corrected chi connectivity index (χ4v) is 2.37. The van der Waals surface area contributed by atoms with Crippen LogP contribution in [0, 0.1) is 5.92 Å². The van der Waals surface area contributed by atoms with Crippen molar-refractivity contribution in [3.8, 4) is 0 Å². The van der Waals surface area contributed by atoms with Crippen molar-refractivity contribution in [2.45, 2.75) is 52.3 Å². The number of hydrogen-bond donors (Lipinski definition) is 0. The number of allylic oxidation sites excluding steroid dienone is 1. The Balaban J connectivity index is 2.24. The largest absolute Gasteiger partial charge is 0.378 e. The summed E-state index contributed by atoms with van der Waals surface area (Å²) in [6.45, 7) is 7.83. The summed E-state index contributed by atoms with van der Waals surface area (Å²) in [5.74, 6) is 1.16. The third-order valence-corrected chi connectivity index (χ3v) is 3.71. The molecule has 2 heteroatoms. The van der Waals surface area contributed by atoms with E-state index in [1.165, 1.54) is 37.9 Å². The Labute approximate surface area is 96.3 Å². The molecule has 0 N–H and O–H groups in total. The van der Waals surface area contributed by atoms with Crippen LogP contribution in [-0.2, 0) is 0 Å². The molecule has 2 atom stereocenters. The molecule has 0 aromatic heterocycles. The van der Waals surface area contributed by atoms with Crippen LogP contribution in [0.3, 0.4) is 0 Å². The summed E-state index contributed by atoms with van der Waals surface area (Å²) in [6.07, 6.45) is 5.11. The topological polar surface area (TPSA) is 3.24 Å². The molecular formula is C13H24BN. The van der Waals surface area contributed by atoms with Crippen molar-refractivity contribution in [2.24, 2.45) is 5.92 Å². The highest BCUT2D eigenvalue weighted by Gasteiger charge is 2.22. The maximum Gasteiger partial charge on any atom is 0.0695 e. The average molecular weight is 205 g/mol. The van der Waals surface area contributed by atoms with Crippen LogP contribution in [0.25, 0.3) is 0 Å². The van der Waals surface area contributed by atoms with Crippen LogP contribution in [0.15, 0.2) is 11.3 Å². The second-order valence-electron chi connectivity index (χ2n) is 5.11. The first-order valence-corrected chi connectivity index (χ1v) is 6.16. The average Bonchev–Trinajstić information content (AvgIpc) is 2.41. The van der Waals surface area contributed by atoms with Gasteiger partial charge in [0.2, 0.25) is 0 Å². The molecule has 2 unspecified atom stereocenters. The third kappa shape index (κ3) is 3.59. The van der Waals surface area contributed by atoms with E-state index in [1.54, 1.807) is 5.57 Å². The van der Waals surface area contributed by atoms with Gasteiger partial charge in [0, 0.05) is 19.3 Å². The van der Waals surface area contributed by atoms with Gasteiger partial charge in [-0.25, -0.2) is 0 Å². The lowest BCUT2D eigenvalue weighted by Gasteiger charge is -2.14. The number of hydrogen-bond acceptors (Lipinski definition) is 1. The van der Waals surface area contributed by atoms with Crippen LogP contribution in [-0.4, -0.2) is 26.3 Å². The fraction of sp³-hybridized carbons (Fsp3) is 0.846. The van der Waals surface area contributed by atoms with Crippen LogP contribution >= 0.6 is 0 Å². The molecule has 1 rings (SSSR count). The van der Waals surface area contributed by atoms with Crippen LogP contribution in [0.5, 0.6) is 0 Å². The minimum absolute atomic E-state index is 0.370. The highest BCUT2D eigenvalue weighted by molar-refractivity contribution is 6.11. The maximum atomic E-state index is 5.74. The lowest BCUT2D eigenvalue weighted by Crippen LogP contribution is -2.15. The first-order valence-electron chi connectivity index (χ1n) is 6.16. The van der Waals surface area contributed by atoms with Crippen molar-refractivity contribution in [1.82, 2.24) is 4.90 Å². The second-order valence-corrected chi connectivity index (χ2v) is 5.11. The van der Waals surface area contributed by atoms with Crippen molar-refractivity contribution in [3.63, 3.8) is 0 Å². The van der Waals surface area contributed by atoms with Gasteiger partial charge in [-0.2, -0.15) is 0 Å². The zero-order valence-corrected chi connectivity index (χ0v) is 10.7. The number of rotatable bonds is 5. The summed E-state index contributed by atoms with van der Waals surface area (Å²) in [6, 6.07) is 0. The lowest BCUT2D eigenvalue weighted by atomic mass is 9.84. The van der Waals surface area contributed by atoms with Gasteiger partial charge in [0.25, 0.3) is 0 Å². The molecule has 15 heavy (non-hydrogen) atoms. The molecule has 0 saturated carbocycles. The van der Waals surface area contributed by atoms with Crippen LogP contribution < -0.4 is 0 Å². The highest BCUT2D eigenvalue weighted by Crippen LogP contribution is 2.30. The van der Waals surface area contributed by atoms with Crippen molar-refractivity contribution in [2.75, 3.05) is 13.6 Å². The summed E-state index contributed by atoms with van der Waals surface area (Å²) in [5, 5.41) is 0. The Kier molecular flexibility index (Phi) is 4.75. The van der Waals surface area contributed by atoms with E-state index < -0.39 is 0 Å². The van der Waals surface area contributed by atoms with E-state index in [-0.39, 0.29) is 0 Å². The minimum Gasteiger partial charge on any atom is -0.378 e. The van der Waals surface area contributed by atoms with Crippen molar-refractivity contribution in [1.29, 1.82) is 0 Å². The second kappa shape index (κ2) is 5.62. The molecule has 1 aliphatic rings. The van der Waals surface area contributed by atoms with E-state index in [0.717, 1.165) is 5.92 Å². The third-order valence-electron chi connectivity index (χ3n) is 3.71. The molecule has 0 spiro atoms. The smallest absolute Gasteiger partial charge is 0.0695 e. The van der Waals surface area contributed by atoms with Gasteiger partial charge in [-0.05, 0) is 31.8 Å². The Bertz CT molecular complexity index is 233. The Morgan fingerprint density at radius 1 is 1.40 bits per heavy atom. The highest BCUT2D eigenvalue weighted by atomic mass is 15.1. The Morgan fingerprint density at radius 3 is 2.53 bits per heavy atom. The van der Waals surface area contributed by atoms with Crippen LogP contribution in [0.2, 0.25) is 5.82 Å². The zero-order valence-electron chi connectivity index (χ0n) is 10.7. The normalized spacial score (nSPS) is 23.7. The molecule has 0 aliphatic carbocycles. The van der Waals surface area contributed by atoms with E-state index in [4.69, 9.17) is 7.85 Å². The SMILES string of the molecule is [B]C(C)CCCCC1CN(C)C(C)=C1C. The van der Waals surface area contributed by atoms with Crippen LogP contribution in [0.1, 0.15) is 46.5 Å². The van der Waals surface area contributed by atoms with Gasteiger partial charge in [-0.15, -0.1) is 0 Å². The Morgan fingerprint density at radius 2 is 2.07 bits per heavy atom. The van der Waals surface area contributed by atoms with Gasteiger partial charge >= 0.3 is 0 Å².